The van der Waals surface area contributed by atoms with Crippen LogP contribution in [0.1, 0.15) is 32.9 Å². The summed E-state index contributed by atoms with van der Waals surface area (Å²) in [6.45, 7) is 9.93. The van der Waals surface area contributed by atoms with E-state index in [1.807, 2.05) is 0 Å². The summed E-state index contributed by atoms with van der Waals surface area (Å²) in [7, 11) is 0. The van der Waals surface area contributed by atoms with E-state index >= 15 is 0 Å². The van der Waals surface area contributed by atoms with E-state index in [4.69, 9.17) is 17.3 Å². The van der Waals surface area contributed by atoms with Gasteiger partial charge in [-0.15, -0.1) is 5.10 Å². The van der Waals surface area contributed by atoms with Crippen LogP contribution in [0.15, 0.2) is 0 Å². The number of halogens is 1. The quantitative estimate of drug-likeness (QED) is 0.831. The van der Waals surface area contributed by atoms with Gasteiger partial charge in [-0.05, 0) is 24.9 Å². The van der Waals surface area contributed by atoms with Crippen molar-refractivity contribution >= 4 is 23.1 Å². The van der Waals surface area contributed by atoms with Gasteiger partial charge in [0.2, 0.25) is 0 Å². The molecule has 17 heavy (non-hydrogen) atoms. The van der Waals surface area contributed by atoms with Crippen LogP contribution in [0, 0.1) is 5.41 Å². The van der Waals surface area contributed by atoms with Crippen LogP contribution >= 0.6 is 23.1 Å². The van der Waals surface area contributed by atoms with E-state index in [2.05, 4.69) is 35.3 Å². The zero-order valence-electron chi connectivity index (χ0n) is 10.7. The molecule has 0 spiro atoms. The molecule has 0 amide bonds. The molecule has 0 unspecified atom stereocenters. The Morgan fingerprint density at radius 2 is 2.18 bits per heavy atom. The standard InChI is InChI=1S/C11H21ClN4S/c1-4-5-16(8-11(2,3)7-13)6-9-10(12)17-15-14-9/h4-8,13H2,1-3H3. The fraction of sp³-hybridized carbons (Fsp3) is 0.818. The van der Waals surface area contributed by atoms with Crippen molar-refractivity contribution in [3.8, 4) is 0 Å². The average molecular weight is 277 g/mol. The maximum absolute atomic E-state index is 6.03. The predicted octanol–water partition coefficient (Wildman–Crippen LogP) is 2.39. The molecule has 0 atom stereocenters. The Hall–Kier alpha value is -0.230. The number of nitrogens with zero attached hydrogens (tertiary/aromatic N) is 3. The van der Waals surface area contributed by atoms with Gasteiger partial charge in [0.25, 0.3) is 0 Å². The monoisotopic (exact) mass is 276 g/mol. The molecular weight excluding hydrogens is 256 g/mol. The summed E-state index contributed by atoms with van der Waals surface area (Å²) in [5.74, 6) is 0. The zero-order chi connectivity index (χ0) is 12.9. The first-order valence-electron chi connectivity index (χ1n) is 5.87. The minimum Gasteiger partial charge on any atom is -0.330 e. The summed E-state index contributed by atoms with van der Waals surface area (Å²) in [6.07, 6.45) is 1.11. The lowest BCUT2D eigenvalue weighted by Crippen LogP contribution is -2.38. The normalized spacial score (nSPS) is 12.4. The van der Waals surface area contributed by atoms with Gasteiger partial charge in [-0.3, -0.25) is 4.90 Å². The van der Waals surface area contributed by atoms with Crippen molar-refractivity contribution in [1.29, 1.82) is 0 Å². The number of hydrogen-bond acceptors (Lipinski definition) is 5. The molecule has 0 fully saturated rings. The molecule has 1 rings (SSSR count). The molecule has 0 aliphatic heterocycles. The van der Waals surface area contributed by atoms with Gasteiger partial charge in [0.1, 0.15) is 10.0 Å². The van der Waals surface area contributed by atoms with Crippen molar-refractivity contribution in [2.24, 2.45) is 11.1 Å². The van der Waals surface area contributed by atoms with Gasteiger partial charge in [-0.2, -0.15) is 0 Å². The minimum atomic E-state index is 0.116. The first-order chi connectivity index (χ1) is 7.98. The summed E-state index contributed by atoms with van der Waals surface area (Å²) in [6, 6.07) is 0. The van der Waals surface area contributed by atoms with Gasteiger partial charge in [-0.25, -0.2) is 0 Å². The molecule has 1 aromatic rings. The maximum Gasteiger partial charge on any atom is 0.138 e. The highest BCUT2D eigenvalue weighted by atomic mass is 35.5. The van der Waals surface area contributed by atoms with Crippen LogP contribution in [-0.4, -0.2) is 34.1 Å². The molecule has 4 nitrogen and oxygen atoms in total. The number of nitrogens with two attached hydrogens (primary N) is 1. The zero-order valence-corrected chi connectivity index (χ0v) is 12.3. The molecule has 0 bridgehead atoms. The Morgan fingerprint density at radius 1 is 1.47 bits per heavy atom. The summed E-state index contributed by atoms with van der Waals surface area (Å²) in [4.78, 5) is 2.34. The molecular formula is C11H21ClN4S. The van der Waals surface area contributed by atoms with Gasteiger partial charge < -0.3 is 5.73 Å². The highest BCUT2D eigenvalue weighted by molar-refractivity contribution is 7.10. The lowest BCUT2D eigenvalue weighted by Gasteiger charge is -2.31. The second-order valence-electron chi connectivity index (χ2n) is 5.07. The van der Waals surface area contributed by atoms with E-state index in [1.54, 1.807) is 0 Å². The molecule has 0 saturated carbocycles. The Kier molecular flexibility index (Phi) is 5.79. The summed E-state index contributed by atoms with van der Waals surface area (Å²) >= 11 is 7.27. The number of hydrogen-bond donors (Lipinski definition) is 1. The third kappa shape index (κ3) is 4.87. The Labute approximate surface area is 112 Å². The third-order valence-corrected chi connectivity index (χ3v) is 3.61. The van der Waals surface area contributed by atoms with Crippen LogP contribution in [0.3, 0.4) is 0 Å². The Morgan fingerprint density at radius 3 is 2.65 bits per heavy atom. The van der Waals surface area contributed by atoms with E-state index in [-0.39, 0.29) is 5.41 Å². The molecule has 0 radical (unpaired) electrons. The molecule has 0 aliphatic carbocycles. The highest BCUT2D eigenvalue weighted by Crippen LogP contribution is 2.21. The summed E-state index contributed by atoms with van der Waals surface area (Å²) in [5.41, 5.74) is 6.76. The smallest absolute Gasteiger partial charge is 0.138 e. The molecule has 2 N–H and O–H groups in total. The van der Waals surface area contributed by atoms with E-state index < -0.39 is 0 Å². The highest BCUT2D eigenvalue weighted by Gasteiger charge is 2.21. The van der Waals surface area contributed by atoms with Crippen molar-refractivity contribution < 1.29 is 0 Å². The lowest BCUT2D eigenvalue weighted by molar-refractivity contribution is 0.174. The van der Waals surface area contributed by atoms with Gasteiger partial charge >= 0.3 is 0 Å². The predicted molar refractivity (Wildman–Crippen MR) is 73.3 cm³/mol. The molecule has 0 aromatic carbocycles. The fourth-order valence-electron chi connectivity index (χ4n) is 1.70. The molecule has 6 heteroatoms. The summed E-state index contributed by atoms with van der Waals surface area (Å²) in [5, 5.41) is 4.06. The van der Waals surface area contributed by atoms with Crippen molar-refractivity contribution in [2.75, 3.05) is 19.6 Å². The van der Waals surface area contributed by atoms with Crippen LogP contribution in [-0.2, 0) is 6.54 Å². The Bertz CT molecular complexity index is 340. The van der Waals surface area contributed by atoms with Gasteiger partial charge in [0, 0.05) is 24.6 Å². The van der Waals surface area contributed by atoms with Crippen LogP contribution < -0.4 is 5.73 Å². The average Bonchev–Trinajstić information content (AvgIpc) is 2.64. The lowest BCUT2D eigenvalue weighted by atomic mass is 9.93. The van der Waals surface area contributed by atoms with Crippen LogP contribution in [0.4, 0.5) is 0 Å². The van der Waals surface area contributed by atoms with Gasteiger partial charge in [0.05, 0.1) is 0 Å². The second kappa shape index (κ2) is 6.64. The van der Waals surface area contributed by atoms with Crippen LogP contribution in [0.2, 0.25) is 4.34 Å². The first-order valence-corrected chi connectivity index (χ1v) is 7.03. The van der Waals surface area contributed by atoms with Crippen molar-refractivity contribution in [3.05, 3.63) is 10.0 Å². The van der Waals surface area contributed by atoms with Crippen LogP contribution in [0.25, 0.3) is 0 Å². The molecule has 1 heterocycles. The van der Waals surface area contributed by atoms with E-state index in [9.17, 15) is 0 Å². The summed E-state index contributed by atoms with van der Waals surface area (Å²) < 4.78 is 4.55. The second-order valence-corrected chi connectivity index (χ2v) is 6.43. The molecule has 1 aromatic heterocycles. The third-order valence-electron chi connectivity index (χ3n) is 2.63. The Balaban J connectivity index is 2.63. The maximum atomic E-state index is 6.03. The van der Waals surface area contributed by atoms with E-state index in [0.29, 0.717) is 10.9 Å². The molecule has 0 saturated heterocycles. The van der Waals surface area contributed by atoms with Crippen LogP contribution in [0.5, 0.6) is 0 Å². The number of rotatable bonds is 7. The molecule has 98 valence electrons. The van der Waals surface area contributed by atoms with Crippen molar-refractivity contribution in [2.45, 2.75) is 33.7 Å². The fourth-order valence-corrected chi connectivity index (χ4v) is 2.32. The number of aromatic nitrogens is 2. The van der Waals surface area contributed by atoms with Crippen molar-refractivity contribution in [1.82, 2.24) is 14.5 Å². The molecule has 0 aliphatic rings. The largest absolute Gasteiger partial charge is 0.330 e. The topological polar surface area (TPSA) is 55.0 Å². The van der Waals surface area contributed by atoms with E-state index in [0.717, 1.165) is 31.7 Å². The SMILES string of the molecule is CCCN(Cc1nnsc1Cl)CC(C)(C)CN. The van der Waals surface area contributed by atoms with Gasteiger partial charge in [0.15, 0.2) is 0 Å². The van der Waals surface area contributed by atoms with Crippen molar-refractivity contribution in [3.63, 3.8) is 0 Å². The van der Waals surface area contributed by atoms with Gasteiger partial charge in [-0.1, -0.05) is 36.9 Å². The minimum absolute atomic E-state index is 0.116. The first kappa shape index (κ1) is 14.8. The van der Waals surface area contributed by atoms with E-state index in [1.165, 1.54) is 11.5 Å².